The number of hydrogen-bond acceptors (Lipinski definition) is 5. The lowest BCUT2D eigenvalue weighted by molar-refractivity contribution is -0.128. The van der Waals surface area contributed by atoms with Crippen molar-refractivity contribution < 1.29 is 22.7 Å². The van der Waals surface area contributed by atoms with Gasteiger partial charge in [-0.15, -0.1) is 0 Å². The predicted molar refractivity (Wildman–Crippen MR) is 143 cm³/mol. The summed E-state index contributed by atoms with van der Waals surface area (Å²) in [6, 6.07) is 23.4. The zero-order valence-electron chi connectivity index (χ0n) is 20.3. The second-order valence-electron chi connectivity index (χ2n) is 8.76. The van der Waals surface area contributed by atoms with Gasteiger partial charge in [-0.05, 0) is 41.8 Å². The fourth-order valence-corrected chi connectivity index (χ4v) is 4.87. The van der Waals surface area contributed by atoms with E-state index in [1.807, 2.05) is 30.3 Å². The molecule has 0 unspecified atom stereocenters. The number of benzene rings is 3. The molecule has 8 nitrogen and oxygen atoms in total. The third-order valence-corrected chi connectivity index (χ3v) is 7.42. The highest BCUT2D eigenvalue weighted by molar-refractivity contribution is 7.88. The number of hydrogen-bond donors (Lipinski definition) is 1. The summed E-state index contributed by atoms with van der Waals surface area (Å²) in [7, 11) is -3.71. The van der Waals surface area contributed by atoms with E-state index in [4.69, 9.17) is 16.3 Å². The van der Waals surface area contributed by atoms with Gasteiger partial charge in [-0.2, -0.15) is 4.31 Å². The van der Waals surface area contributed by atoms with Crippen LogP contribution in [0.2, 0.25) is 5.02 Å². The summed E-state index contributed by atoms with van der Waals surface area (Å²) in [4.78, 5) is 27.8. The molecular formula is C27H28ClN3O5S. The molecule has 0 spiro atoms. The van der Waals surface area contributed by atoms with Gasteiger partial charge in [0, 0.05) is 18.1 Å². The first-order valence-electron chi connectivity index (χ1n) is 11.8. The number of sulfonamides is 1. The molecule has 1 atom stereocenters. The summed E-state index contributed by atoms with van der Waals surface area (Å²) in [5.74, 6) is -0.421. The monoisotopic (exact) mass is 541 g/mol. The van der Waals surface area contributed by atoms with Gasteiger partial charge in [-0.3, -0.25) is 9.59 Å². The molecule has 0 fully saturated rings. The Morgan fingerprint density at radius 1 is 1.00 bits per heavy atom. The van der Waals surface area contributed by atoms with E-state index in [0.29, 0.717) is 35.0 Å². The Labute approximate surface area is 221 Å². The van der Waals surface area contributed by atoms with Gasteiger partial charge in [0.05, 0.1) is 25.0 Å². The second-order valence-corrected chi connectivity index (χ2v) is 11.2. The van der Waals surface area contributed by atoms with Crippen LogP contribution < -0.4 is 15.0 Å². The predicted octanol–water partition coefficient (Wildman–Crippen LogP) is 3.25. The fourth-order valence-electron chi connectivity index (χ4n) is 4.02. The molecule has 1 aliphatic heterocycles. The molecule has 194 valence electrons. The first-order chi connectivity index (χ1) is 17.7. The fraction of sp³-hybridized carbons (Fsp3) is 0.259. The van der Waals surface area contributed by atoms with Gasteiger partial charge in [-0.25, -0.2) is 8.42 Å². The van der Waals surface area contributed by atoms with Crippen molar-refractivity contribution in [2.75, 3.05) is 30.8 Å². The van der Waals surface area contributed by atoms with Gasteiger partial charge in [0.2, 0.25) is 15.9 Å². The summed E-state index contributed by atoms with van der Waals surface area (Å²) in [5, 5.41) is 3.41. The number of amides is 2. The molecule has 0 saturated carbocycles. The van der Waals surface area contributed by atoms with Crippen LogP contribution in [-0.2, 0) is 32.6 Å². The van der Waals surface area contributed by atoms with Crippen molar-refractivity contribution in [3.8, 4) is 5.75 Å². The largest absolute Gasteiger partial charge is 0.477 e. The number of rotatable bonds is 9. The summed E-state index contributed by atoms with van der Waals surface area (Å²) >= 11 is 5.94. The number of nitrogens with zero attached hydrogens (tertiary/aromatic N) is 2. The highest BCUT2D eigenvalue weighted by atomic mass is 35.5. The Kier molecular flexibility index (Phi) is 8.48. The number of anilines is 1. The van der Waals surface area contributed by atoms with Crippen molar-refractivity contribution in [3.05, 3.63) is 95.0 Å². The van der Waals surface area contributed by atoms with Crippen LogP contribution in [0.1, 0.15) is 11.1 Å². The Morgan fingerprint density at radius 3 is 2.38 bits per heavy atom. The normalized spacial score (nSPS) is 15.1. The van der Waals surface area contributed by atoms with Crippen LogP contribution in [0.25, 0.3) is 0 Å². The van der Waals surface area contributed by atoms with Gasteiger partial charge < -0.3 is 15.0 Å². The quantitative estimate of drug-likeness (QED) is 0.448. The number of ether oxygens (including phenoxy) is 1. The Bertz CT molecular complexity index is 1350. The lowest BCUT2D eigenvalue weighted by Gasteiger charge is -2.35. The van der Waals surface area contributed by atoms with Crippen molar-refractivity contribution in [2.24, 2.45) is 0 Å². The molecule has 1 heterocycles. The van der Waals surface area contributed by atoms with Crippen LogP contribution in [0.4, 0.5) is 5.69 Å². The number of nitrogens with one attached hydrogen (secondary N) is 1. The van der Waals surface area contributed by atoms with E-state index in [1.54, 1.807) is 48.5 Å². The molecule has 4 rings (SSSR count). The smallest absolute Gasteiger partial charge is 0.262 e. The second kappa shape index (κ2) is 11.8. The van der Waals surface area contributed by atoms with Crippen molar-refractivity contribution in [1.29, 1.82) is 0 Å². The average Bonchev–Trinajstić information content (AvgIpc) is 2.88. The van der Waals surface area contributed by atoms with Crippen LogP contribution >= 0.6 is 11.6 Å². The number of fused-ring (bicyclic) bond motifs is 1. The zero-order chi connectivity index (χ0) is 26.4. The average molecular weight is 542 g/mol. The van der Waals surface area contributed by atoms with Gasteiger partial charge in [0.15, 0.2) is 6.10 Å². The highest BCUT2D eigenvalue weighted by Gasteiger charge is 2.35. The molecule has 10 heteroatoms. The first kappa shape index (κ1) is 26.7. The molecule has 2 amide bonds. The Hall–Kier alpha value is -3.40. The molecule has 1 aliphatic rings. The van der Waals surface area contributed by atoms with E-state index in [0.717, 1.165) is 16.1 Å². The third kappa shape index (κ3) is 7.09. The SMILES string of the molecule is CS(=O)(=O)N(CC(=O)N1C[C@H](C(=O)NCCc2ccccc2)Oc2ccccc21)Cc1ccc(Cl)cc1. The number of carbonyl (C=O) groups excluding carboxylic acids is 2. The van der Waals surface area contributed by atoms with Gasteiger partial charge >= 0.3 is 0 Å². The molecule has 1 N–H and O–H groups in total. The highest BCUT2D eigenvalue weighted by Crippen LogP contribution is 2.33. The molecule has 0 saturated heterocycles. The lowest BCUT2D eigenvalue weighted by Crippen LogP contribution is -2.53. The van der Waals surface area contributed by atoms with Crippen LogP contribution in [0.15, 0.2) is 78.9 Å². The van der Waals surface area contributed by atoms with Crippen LogP contribution in [0.5, 0.6) is 5.75 Å². The maximum absolute atomic E-state index is 13.4. The van der Waals surface area contributed by atoms with Crippen LogP contribution in [0.3, 0.4) is 0 Å². The zero-order valence-corrected chi connectivity index (χ0v) is 21.9. The molecule has 0 radical (unpaired) electrons. The molecule has 0 bridgehead atoms. The van der Waals surface area contributed by atoms with E-state index in [1.165, 1.54) is 4.90 Å². The van der Waals surface area contributed by atoms with Crippen molar-refractivity contribution in [2.45, 2.75) is 19.1 Å². The van der Waals surface area contributed by atoms with Crippen LogP contribution in [0, 0.1) is 0 Å². The first-order valence-corrected chi connectivity index (χ1v) is 14.0. The standard InChI is InChI=1S/C27H28ClN3O5S/c1-37(34,35)30(17-21-11-13-22(28)14-12-21)19-26(32)31-18-25(36-24-10-6-5-9-23(24)31)27(33)29-16-15-20-7-3-2-4-8-20/h2-14,25H,15-19H2,1H3,(H,29,33)/t25-/m1/s1. The van der Waals surface area contributed by atoms with Crippen molar-refractivity contribution in [3.63, 3.8) is 0 Å². The third-order valence-electron chi connectivity index (χ3n) is 5.98. The molecule has 0 aliphatic carbocycles. The Balaban J connectivity index is 1.47. The van der Waals surface area contributed by atoms with Gasteiger partial charge in [-0.1, -0.05) is 66.2 Å². The number of carbonyl (C=O) groups is 2. The van der Waals surface area contributed by atoms with Gasteiger partial charge in [0.1, 0.15) is 5.75 Å². The minimum absolute atomic E-state index is 0.0110. The molecule has 3 aromatic rings. The summed E-state index contributed by atoms with van der Waals surface area (Å²) in [6.45, 7) is 0.00207. The minimum atomic E-state index is -3.71. The minimum Gasteiger partial charge on any atom is -0.477 e. The van der Waals surface area contributed by atoms with E-state index < -0.39 is 28.6 Å². The van der Waals surface area contributed by atoms with Crippen LogP contribution in [-0.4, -0.2) is 56.5 Å². The maximum Gasteiger partial charge on any atom is 0.262 e. The van der Waals surface area contributed by atoms with E-state index in [2.05, 4.69) is 5.32 Å². The van der Waals surface area contributed by atoms with Crippen molar-refractivity contribution in [1.82, 2.24) is 9.62 Å². The molecule has 3 aromatic carbocycles. The lowest BCUT2D eigenvalue weighted by atomic mass is 10.1. The van der Waals surface area contributed by atoms with Gasteiger partial charge in [0.25, 0.3) is 5.91 Å². The van der Waals surface area contributed by atoms with Crippen molar-refractivity contribution >= 4 is 39.1 Å². The molecule has 0 aromatic heterocycles. The number of para-hydroxylation sites is 2. The molecule has 37 heavy (non-hydrogen) atoms. The summed E-state index contributed by atoms with van der Waals surface area (Å²) in [5.41, 5.74) is 2.28. The van der Waals surface area contributed by atoms with E-state index >= 15 is 0 Å². The molecular weight excluding hydrogens is 514 g/mol. The Morgan fingerprint density at radius 2 is 1.68 bits per heavy atom. The maximum atomic E-state index is 13.4. The summed E-state index contributed by atoms with van der Waals surface area (Å²) < 4.78 is 32.0. The number of halogens is 1. The topological polar surface area (TPSA) is 96.0 Å². The van der Waals surface area contributed by atoms with E-state index in [-0.39, 0.29) is 19.0 Å². The summed E-state index contributed by atoms with van der Waals surface area (Å²) in [6.07, 6.45) is 0.788. The van der Waals surface area contributed by atoms with E-state index in [9.17, 15) is 18.0 Å².